The first-order chi connectivity index (χ1) is 7.91. The van der Waals surface area contributed by atoms with Crippen LogP contribution < -0.4 is 11.1 Å². The van der Waals surface area contributed by atoms with Gasteiger partial charge in [-0.05, 0) is 36.5 Å². The van der Waals surface area contributed by atoms with Crippen molar-refractivity contribution >= 4 is 11.6 Å². The van der Waals surface area contributed by atoms with Gasteiger partial charge in [0.15, 0.2) is 0 Å². The number of nitrogens with one attached hydrogen (secondary N) is 1. The van der Waals surface area contributed by atoms with E-state index >= 15 is 0 Å². The van der Waals surface area contributed by atoms with Gasteiger partial charge in [-0.2, -0.15) is 0 Å². The number of hydrogen-bond acceptors (Lipinski definition) is 2. The molecule has 0 fully saturated rings. The minimum Gasteiger partial charge on any atom is -0.325 e. The lowest BCUT2D eigenvalue weighted by Crippen LogP contribution is -2.17. The molecule has 0 aromatic heterocycles. The first kappa shape index (κ1) is 12.1. The molecule has 1 aromatic carbocycles. The quantitative estimate of drug-likeness (QED) is 0.823. The molecule has 0 saturated carbocycles. The molecule has 1 aromatic rings. The second-order valence-corrected chi connectivity index (χ2v) is 5.28. The molecule has 3 N–H and O–H groups in total. The third-order valence-corrected chi connectivity index (χ3v) is 3.60. The lowest BCUT2D eigenvalue weighted by atomic mass is 9.91. The molecule has 2 unspecified atom stereocenters. The van der Waals surface area contributed by atoms with Gasteiger partial charge >= 0.3 is 0 Å². The Bertz CT molecular complexity index is 466. The second kappa shape index (κ2) is 4.15. The van der Waals surface area contributed by atoms with Crippen LogP contribution in [-0.2, 0) is 4.79 Å². The van der Waals surface area contributed by atoms with Crippen molar-refractivity contribution in [2.45, 2.75) is 39.7 Å². The highest BCUT2D eigenvalue weighted by Crippen LogP contribution is 2.37. The number of carbonyl (C=O) groups excluding carboxylic acids is 1. The summed E-state index contributed by atoms with van der Waals surface area (Å²) in [7, 11) is 0. The molecular formula is C14H20N2O. The summed E-state index contributed by atoms with van der Waals surface area (Å²) in [6, 6.07) is 4.19. The van der Waals surface area contributed by atoms with E-state index in [4.69, 9.17) is 5.73 Å². The third kappa shape index (κ3) is 1.95. The molecule has 0 aliphatic carbocycles. The second-order valence-electron chi connectivity index (χ2n) is 5.28. The minimum atomic E-state index is -0.0667. The van der Waals surface area contributed by atoms with E-state index in [9.17, 15) is 4.79 Å². The van der Waals surface area contributed by atoms with E-state index in [2.05, 4.69) is 31.3 Å². The van der Waals surface area contributed by atoms with E-state index in [0.717, 1.165) is 22.4 Å². The topological polar surface area (TPSA) is 55.1 Å². The number of fused-ring (bicyclic) bond motifs is 1. The van der Waals surface area contributed by atoms with Gasteiger partial charge in [-0.25, -0.2) is 0 Å². The standard InChI is InChI=1S/C14H20N2O/c1-7(2)12(15)10-5-8(3)13-11(6-10)9(4)14(17)16-13/h5-7,9,12H,15H2,1-4H3,(H,16,17). The summed E-state index contributed by atoms with van der Waals surface area (Å²) in [6.07, 6.45) is 0. The Kier molecular flexibility index (Phi) is 2.96. The largest absolute Gasteiger partial charge is 0.325 e. The summed E-state index contributed by atoms with van der Waals surface area (Å²) in [5, 5.41) is 2.93. The lowest BCUT2D eigenvalue weighted by molar-refractivity contribution is -0.116. The molecule has 1 amide bonds. The van der Waals surface area contributed by atoms with Gasteiger partial charge in [-0.15, -0.1) is 0 Å². The number of rotatable bonds is 2. The van der Waals surface area contributed by atoms with Gasteiger partial charge in [-0.3, -0.25) is 4.79 Å². The summed E-state index contributed by atoms with van der Waals surface area (Å²) in [4.78, 5) is 11.7. The molecule has 1 aliphatic heterocycles. The number of aryl methyl sites for hydroxylation is 1. The van der Waals surface area contributed by atoms with Crippen LogP contribution in [0.15, 0.2) is 12.1 Å². The van der Waals surface area contributed by atoms with Crippen LogP contribution in [0.4, 0.5) is 5.69 Å². The maximum absolute atomic E-state index is 11.7. The molecular weight excluding hydrogens is 212 g/mol. The van der Waals surface area contributed by atoms with Gasteiger partial charge in [0, 0.05) is 11.7 Å². The highest BCUT2D eigenvalue weighted by Gasteiger charge is 2.29. The minimum absolute atomic E-state index is 0.0295. The van der Waals surface area contributed by atoms with Crippen LogP contribution in [-0.4, -0.2) is 5.91 Å². The highest BCUT2D eigenvalue weighted by atomic mass is 16.2. The molecule has 2 rings (SSSR count). The molecule has 0 spiro atoms. The van der Waals surface area contributed by atoms with Gasteiger partial charge in [0.25, 0.3) is 0 Å². The molecule has 1 heterocycles. The Labute approximate surface area is 102 Å². The normalized spacial score (nSPS) is 20.4. The Morgan fingerprint density at radius 2 is 2.00 bits per heavy atom. The predicted molar refractivity (Wildman–Crippen MR) is 70.0 cm³/mol. The third-order valence-electron chi connectivity index (χ3n) is 3.60. The number of anilines is 1. The molecule has 0 bridgehead atoms. The van der Waals surface area contributed by atoms with Crippen molar-refractivity contribution in [3.05, 3.63) is 28.8 Å². The van der Waals surface area contributed by atoms with E-state index in [1.165, 1.54) is 0 Å². The fourth-order valence-electron chi connectivity index (χ4n) is 2.31. The average Bonchev–Trinajstić information content (AvgIpc) is 2.55. The molecule has 2 atom stereocenters. The first-order valence-corrected chi connectivity index (χ1v) is 6.12. The van der Waals surface area contributed by atoms with Crippen LogP contribution in [0, 0.1) is 12.8 Å². The van der Waals surface area contributed by atoms with Crippen molar-refractivity contribution < 1.29 is 4.79 Å². The average molecular weight is 232 g/mol. The summed E-state index contributed by atoms with van der Waals surface area (Å²) >= 11 is 0. The van der Waals surface area contributed by atoms with E-state index in [1.54, 1.807) is 0 Å². The van der Waals surface area contributed by atoms with Gasteiger partial charge in [0.05, 0.1) is 5.92 Å². The van der Waals surface area contributed by atoms with Gasteiger partial charge in [0.2, 0.25) is 5.91 Å². The zero-order valence-electron chi connectivity index (χ0n) is 10.9. The van der Waals surface area contributed by atoms with Crippen molar-refractivity contribution in [3.8, 4) is 0 Å². The van der Waals surface area contributed by atoms with Crippen molar-refractivity contribution in [2.75, 3.05) is 5.32 Å². The van der Waals surface area contributed by atoms with E-state index in [1.807, 2.05) is 13.8 Å². The number of carbonyl (C=O) groups is 1. The molecule has 3 heteroatoms. The van der Waals surface area contributed by atoms with Crippen LogP contribution in [0.2, 0.25) is 0 Å². The number of nitrogens with two attached hydrogens (primary N) is 1. The van der Waals surface area contributed by atoms with Crippen LogP contribution in [0.3, 0.4) is 0 Å². The van der Waals surface area contributed by atoms with Crippen LogP contribution >= 0.6 is 0 Å². The van der Waals surface area contributed by atoms with Gasteiger partial charge in [0.1, 0.15) is 0 Å². The summed E-state index contributed by atoms with van der Waals surface area (Å²) in [6.45, 7) is 8.18. The van der Waals surface area contributed by atoms with Crippen molar-refractivity contribution in [2.24, 2.45) is 11.7 Å². The van der Waals surface area contributed by atoms with Crippen molar-refractivity contribution in [1.29, 1.82) is 0 Å². The zero-order chi connectivity index (χ0) is 12.7. The highest BCUT2D eigenvalue weighted by molar-refractivity contribution is 6.03. The number of hydrogen-bond donors (Lipinski definition) is 2. The predicted octanol–water partition coefficient (Wildman–Crippen LogP) is 2.71. The molecule has 1 aliphatic rings. The SMILES string of the molecule is Cc1cc(C(N)C(C)C)cc2c1NC(=O)C2C. The summed E-state index contributed by atoms with van der Waals surface area (Å²) in [5.74, 6) is 0.411. The molecule has 0 radical (unpaired) electrons. The summed E-state index contributed by atoms with van der Waals surface area (Å²) in [5.41, 5.74) is 10.5. The summed E-state index contributed by atoms with van der Waals surface area (Å²) < 4.78 is 0. The van der Waals surface area contributed by atoms with Crippen molar-refractivity contribution in [3.63, 3.8) is 0 Å². The number of amides is 1. The van der Waals surface area contributed by atoms with Crippen LogP contribution in [0.25, 0.3) is 0 Å². The van der Waals surface area contributed by atoms with Gasteiger partial charge < -0.3 is 11.1 Å². The van der Waals surface area contributed by atoms with E-state index < -0.39 is 0 Å². The Morgan fingerprint density at radius 1 is 1.35 bits per heavy atom. The number of benzene rings is 1. The zero-order valence-corrected chi connectivity index (χ0v) is 10.9. The maximum Gasteiger partial charge on any atom is 0.231 e. The fraction of sp³-hybridized carbons (Fsp3) is 0.500. The lowest BCUT2D eigenvalue weighted by Gasteiger charge is -2.18. The monoisotopic (exact) mass is 232 g/mol. The Hall–Kier alpha value is -1.35. The Balaban J connectivity index is 2.48. The van der Waals surface area contributed by atoms with Crippen LogP contribution in [0.1, 0.15) is 49.4 Å². The molecule has 0 saturated heterocycles. The fourth-order valence-corrected chi connectivity index (χ4v) is 2.31. The maximum atomic E-state index is 11.7. The Morgan fingerprint density at radius 3 is 2.59 bits per heavy atom. The molecule has 17 heavy (non-hydrogen) atoms. The van der Waals surface area contributed by atoms with Gasteiger partial charge in [-0.1, -0.05) is 26.0 Å². The molecule has 92 valence electrons. The van der Waals surface area contributed by atoms with E-state index in [0.29, 0.717) is 5.92 Å². The van der Waals surface area contributed by atoms with E-state index in [-0.39, 0.29) is 17.9 Å². The smallest absolute Gasteiger partial charge is 0.231 e. The van der Waals surface area contributed by atoms with Crippen LogP contribution in [0.5, 0.6) is 0 Å². The van der Waals surface area contributed by atoms with Crippen molar-refractivity contribution in [1.82, 2.24) is 0 Å². The first-order valence-electron chi connectivity index (χ1n) is 6.12. The molecule has 3 nitrogen and oxygen atoms in total.